The van der Waals surface area contributed by atoms with Gasteiger partial charge in [0.1, 0.15) is 36.4 Å². The normalized spacial score (nSPS) is 17.3. The average Bonchev–Trinajstić information content (AvgIpc) is 1.37. The van der Waals surface area contributed by atoms with E-state index in [9.17, 15) is 0 Å². The number of likely N-dealkylation sites (tertiary alicyclic amines) is 3. The Labute approximate surface area is 887 Å². The van der Waals surface area contributed by atoms with Crippen LogP contribution in [0.3, 0.4) is 0 Å². The minimum atomic E-state index is 0.0566. The Hall–Kier alpha value is -8.34. The van der Waals surface area contributed by atoms with E-state index in [0.29, 0.717) is 43.6 Å². The number of piperidine rings is 4. The van der Waals surface area contributed by atoms with Crippen LogP contribution in [0, 0.1) is 76.4 Å². The molecule has 0 atom stereocenters. The van der Waals surface area contributed by atoms with Crippen molar-refractivity contribution in [2.75, 3.05) is 154 Å². The standard InChI is InChI=1S/C16H25NO.C15H25N.C15H23N.C14H21NO.C14H23N.C13H23N.C13H20O2.C12H18O2.C9H14N2.C8H12N2/c1-16(2,3)13-5-7-14(8-6-13)17(4)15-9-11-18-12-10-15;1-15(2,3)10-7-13-8-11-16(12-9-13)14-5-4-6-14;1-15(2,3)13-7-9-14(10-8-13)16-11-5-4-6-12-16;1-14(2,3)12-4-6-13(7-5-12)15-8-10-16-11-9-15;1-14(2,3)9-6-12-7-10-15(11-8-12)13-4-5-13;1-5-14-10-7-12(8-11-14)6-9-13(2,3)4;1-13(2,3)11-5-7-12(8-6-11)15-10-9-14-4;1-12(2,3)10-4-6-11(7-5-10)14-9-8-13;1-7-10-5-8(6-11-7)9(2,3)4;1-8(2,3)7-9-5-4-6-10-7/h5-8,15H,9-12H2,1-4H3;13-14H,4-6,8-9,11-12H2,1-3H3;7-10H,4-6,11-12H2,1-3H3;4-7H,8-11H2,1-3H3;12-13H,4-5,7-8,10-11H2,1-3H3;12H,5,7-8,10-11H2,1-4H3;5-8H,9-10H2,1-4H3;4-7,13H,8-9H2,1-3H3;5-6H,1-4H3;4-6H,1-3H3. The number of aliphatic hydroxyl groups excluding tert-OH is 1. The molecule has 8 fully saturated rings. The van der Waals surface area contributed by atoms with Crippen LogP contribution in [-0.2, 0) is 52.1 Å². The Morgan fingerprint density at radius 3 is 1.01 bits per heavy atom. The van der Waals surface area contributed by atoms with Crippen LogP contribution in [0.2, 0.25) is 0 Å². The highest BCUT2D eigenvalue weighted by Gasteiger charge is 2.33. The number of rotatable bonds is 14. The summed E-state index contributed by atoms with van der Waals surface area (Å²) in [6.07, 6.45) is 28.6. The molecule has 5 aromatic carbocycles. The highest BCUT2D eigenvalue weighted by molar-refractivity contribution is 5.51. The van der Waals surface area contributed by atoms with Crippen molar-refractivity contribution in [1.82, 2.24) is 34.6 Å². The van der Waals surface area contributed by atoms with Gasteiger partial charge in [-0.05, 0) is 344 Å². The lowest BCUT2D eigenvalue weighted by atomic mass is 9.87. The predicted molar refractivity (Wildman–Crippen MR) is 619 cm³/mol. The first-order valence-electron chi connectivity index (χ1n) is 55.5. The fourth-order valence-electron chi connectivity index (χ4n) is 17.1. The molecule has 0 radical (unpaired) electrons. The zero-order valence-electron chi connectivity index (χ0n) is 98.1. The molecule has 806 valence electrons. The summed E-state index contributed by atoms with van der Waals surface area (Å²) in [4.78, 5) is 31.7. The molecule has 7 aromatic rings. The number of morpholine rings is 1. The van der Waals surface area contributed by atoms with Crippen molar-refractivity contribution in [2.24, 2.45) is 34.0 Å². The summed E-state index contributed by atoms with van der Waals surface area (Å²) in [5.74, 6) is 25.9. The van der Waals surface area contributed by atoms with Crippen LogP contribution in [0.1, 0.15) is 362 Å². The number of benzene rings is 5. The van der Waals surface area contributed by atoms with Crippen molar-refractivity contribution >= 4 is 17.1 Å². The fraction of sp³-hybridized carbons (Fsp3) is 0.659. The summed E-state index contributed by atoms with van der Waals surface area (Å²) in [5, 5.41) is 8.59. The van der Waals surface area contributed by atoms with Crippen LogP contribution in [0.4, 0.5) is 17.1 Å². The maximum atomic E-state index is 8.59. The number of nitrogens with zero attached hydrogens (tertiary/aromatic N) is 10. The first-order chi connectivity index (χ1) is 67.9. The summed E-state index contributed by atoms with van der Waals surface area (Å²) in [5.41, 5.74) is 13.9. The monoisotopic (exact) mass is 1990 g/mol. The molecule has 2 saturated carbocycles. The zero-order valence-corrected chi connectivity index (χ0v) is 98.1. The molecule has 8 aliphatic rings. The van der Waals surface area contributed by atoms with Gasteiger partial charge < -0.3 is 58.2 Å². The summed E-state index contributed by atoms with van der Waals surface area (Å²) in [6, 6.07) is 47.6. The number of ether oxygens (including phenoxy) is 5. The number of methoxy groups -OCH3 is 1. The third kappa shape index (κ3) is 51.2. The van der Waals surface area contributed by atoms with E-state index in [-0.39, 0.29) is 60.8 Å². The molecule has 0 unspecified atom stereocenters. The molecular formula is C129H204N10O6. The molecule has 0 bridgehead atoms. The van der Waals surface area contributed by atoms with Crippen LogP contribution in [-0.4, -0.2) is 197 Å². The van der Waals surface area contributed by atoms with Crippen molar-refractivity contribution in [3.05, 3.63) is 197 Å². The molecule has 145 heavy (non-hydrogen) atoms. The quantitative estimate of drug-likeness (QED) is 0.0816. The van der Waals surface area contributed by atoms with E-state index in [2.05, 4.69) is 404 Å². The van der Waals surface area contributed by atoms with Crippen LogP contribution in [0.5, 0.6) is 11.5 Å². The minimum Gasteiger partial charge on any atom is -0.491 e. The predicted octanol–water partition coefficient (Wildman–Crippen LogP) is 28.6. The first-order valence-corrected chi connectivity index (χ1v) is 55.5. The first kappa shape index (κ1) is 125. The summed E-state index contributed by atoms with van der Waals surface area (Å²) >= 11 is 0. The van der Waals surface area contributed by atoms with E-state index in [4.69, 9.17) is 28.8 Å². The lowest BCUT2D eigenvalue weighted by molar-refractivity contribution is 0.0855. The summed E-state index contributed by atoms with van der Waals surface area (Å²) < 4.78 is 26.5. The number of aryl methyl sites for hydroxylation is 1. The molecule has 1 N–H and O–H groups in total. The van der Waals surface area contributed by atoms with Crippen LogP contribution in [0.15, 0.2) is 152 Å². The average molecular weight is 1990 g/mol. The van der Waals surface area contributed by atoms with Gasteiger partial charge in [0.2, 0.25) is 0 Å². The molecule has 15 rings (SSSR count). The van der Waals surface area contributed by atoms with Gasteiger partial charge in [0.25, 0.3) is 0 Å². The van der Waals surface area contributed by atoms with E-state index in [1.165, 1.54) is 199 Å². The lowest BCUT2D eigenvalue weighted by Crippen LogP contribution is -2.44. The molecule has 0 amide bonds. The highest BCUT2D eigenvalue weighted by atomic mass is 16.5. The Kier molecular flexibility index (Phi) is 52.3. The van der Waals surface area contributed by atoms with E-state index < -0.39 is 0 Å². The van der Waals surface area contributed by atoms with Gasteiger partial charge >= 0.3 is 0 Å². The van der Waals surface area contributed by atoms with E-state index in [0.717, 1.165) is 87.6 Å². The van der Waals surface area contributed by atoms with Gasteiger partial charge in [0, 0.05) is 153 Å². The highest BCUT2D eigenvalue weighted by Crippen LogP contribution is 2.36. The SMILES string of the molecule is CC(C)(C)C#CC1CCN(C2CC2)CC1.CC(C)(C)C#CC1CCN(C2CCC2)CC1.CC(C)(C)c1ccc(N2CCCCC2)cc1.CC(C)(C)c1ccc(N2CCOCC2)cc1.CC(C)(C)c1ccc(OCCO)cc1.CC(C)(C)c1ncccn1.CCN1CCC(C#CC(C)(C)C)CC1.CN(c1ccc(C(C)(C)C)cc1)C1CCOCC1.COCCOc1ccc(C(C)(C)C)cc1.Cc1ncc(C(C)(C)C)cn1. The number of aromatic nitrogens is 4. The number of hydrogen-bond acceptors (Lipinski definition) is 16. The van der Waals surface area contributed by atoms with Gasteiger partial charge in [-0.2, -0.15) is 0 Å². The molecule has 8 heterocycles. The van der Waals surface area contributed by atoms with E-state index >= 15 is 0 Å². The van der Waals surface area contributed by atoms with Gasteiger partial charge in [0.15, 0.2) is 0 Å². The van der Waals surface area contributed by atoms with Crippen LogP contribution in [0.25, 0.3) is 0 Å². The molecule has 2 aliphatic carbocycles. The van der Waals surface area contributed by atoms with Crippen molar-refractivity contribution in [3.63, 3.8) is 0 Å². The second-order valence-electron chi connectivity index (χ2n) is 51.2. The van der Waals surface area contributed by atoms with Gasteiger partial charge in [-0.1, -0.05) is 255 Å². The molecule has 16 heteroatoms. The topological polar surface area (TPSA) is 137 Å². The second kappa shape index (κ2) is 60.5. The smallest absolute Gasteiger partial charge is 0.133 e. The van der Waals surface area contributed by atoms with Gasteiger partial charge in [-0.3, -0.25) is 0 Å². The molecule has 0 spiro atoms. The largest absolute Gasteiger partial charge is 0.491 e. The van der Waals surface area contributed by atoms with Gasteiger partial charge in [0.05, 0.1) is 26.4 Å². The Morgan fingerprint density at radius 1 is 0.359 bits per heavy atom. The fourth-order valence-corrected chi connectivity index (χ4v) is 17.1. The number of anilines is 3. The minimum absolute atomic E-state index is 0.0566. The van der Waals surface area contributed by atoms with E-state index in [1.807, 2.05) is 49.6 Å². The lowest BCUT2D eigenvalue weighted by Gasteiger charge is -2.41. The van der Waals surface area contributed by atoms with Crippen molar-refractivity contribution in [2.45, 2.75) is 380 Å². The molecule has 16 nitrogen and oxygen atoms in total. The Balaban J connectivity index is 0.000000247. The molecule has 6 aliphatic heterocycles. The number of hydrogen-bond donors (Lipinski definition) is 1. The van der Waals surface area contributed by atoms with Gasteiger partial charge in [-0.25, -0.2) is 19.9 Å². The van der Waals surface area contributed by atoms with Gasteiger partial charge in [-0.15, -0.1) is 0 Å². The Morgan fingerprint density at radius 2 is 0.697 bits per heavy atom. The summed E-state index contributed by atoms with van der Waals surface area (Å²) in [6.45, 7) is 88.5. The number of aliphatic hydroxyl groups is 1. The maximum Gasteiger partial charge on any atom is 0.133 e. The van der Waals surface area contributed by atoms with Crippen molar-refractivity contribution in [1.29, 1.82) is 0 Å². The van der Waals surface area contributed by atoms with Crippen molar-refractivity contribution < 1.29 is 28.8 Å². The second-order valence-corrected chi connectivity index (χ2v) is 51.2. The maximum absolute atomic E-state index is 8.59. The van der Waals surface area contributed by atoms with E-state index in [1.54, 1.807) is 19.5 Å². The zero-order chi connectivity index (χ0) is 107. The molecular weight excluding hydrogens is 1790 g/mol. The Bertz CT molecular complexity index is 4770. The third-order valence-corrected chi connectivity index (χ3v) is 27.4. The molecule has 2 aromatic heterocycles. The summed E-state index contributed by atoms with van der Waals surface area (Å²) in [7, 11) is 3.87. The van der Waals surface area contributed by atoms with Crippen LogP contribution >= 0.6 is 0 Å². The van der Waals surface area contributed by atoms with Crippen molar-refractivity contribution in [3.8, 4) is 47.0 Å². The third-order valence-electron chi connectivity index (χ3n) is 27.4. The molecule has 6 saturated heterocycles. The van der Waals surface area contributed by atoms with Crippen LogP contribution < -0.4 is 24.2 Å².